The van der Waals surface area contributed by atoms with Gasteiger partial charge >= 0.3 is 0 Å². The molecule has 8 heteroatoms. The first kappa shape index (κ1) is 18.1. The first-order chi connectivity index (χ1) is 12.2. The SMILES string of the molecule is COc1cc(OC)nc(N2CCC(CC(=O)N3CCSCC3)CC2)n1. The number of amides is 1. The maximum absolute atomic E-state index is 12.4. The number of rotatable bonds is 5. The smallest absolute Gasteiger partial charge is 0.231 e. The fourth-order valence-corrected chi connectivity index (χ4v) is 4.17. The minimum Gasteiger partial charge on any atom is -0.481 e. The van der Waals surface area contributed by atoms with E-state index in [2.05, 4.69) is 14.9 Å². The number of carbonyl (C=O) groups excluding carboxylic acids is 1. The van der Waals surface area contributed by atoms with Gasteiger partial charge in [0.1, 0.15) is 0 Å². The van der Waals surface area contributed by atoms with E-state index in [1.807, 2.05) is 16.7 Å². The van der Waals surface area contributed by atoms with E-state index < -0.39 is 0 Å². The van der Waals surface area contributed by atoms with Crippen molar-refractivity contribution >= 4 is 23.6 Å². The summed E-state index contributed by atoms with van der Waals surface area (Å²) >= 11 is 1.93. The van der Waals surface area contributed by atoms with Crippen LogP contribution in [-0.4, -0.2) is 72.7 Å². The van der Waals surface area contributed by atoms with Gasteiger partial charge in [-0.2, -0.15) is 21.7 Å². The molecular formula is C17H26N4O3S. The molecule has 0 unspecified atom stereocenters. The molecule has 2 fully saturated rings. The number of aromatic nitrogens is 2. The molecular weight excluding hydrogens is 340 g/mol. The monoisotopic (exact) mass is 366 g/mol. The van der Waals surface area contributed by atoms with Gasteiger partial charge in [-0.3, -0.25) is 4.79 Å². The quantitative estimate of drug-likeness (QED) is 0.785. The summed E-state index contributed by atoms with van der Waals surface area (Å²) in [7, 11) is 3.17. The second kappa shape index (κ2) is 8.60. The van der Waals surface area contributed by atoms with Gasteiger partial charge in [0, 0.05) is 44.1 Å². The van der Waals surface area contributed by atoms with Crippen molar-refractivity contribution in [1.29, 1.82) is 0 Å². The number of hydrogen-bond acceptors (Lipinski definition) is 7. The van der Waals surface area contributed by atoms with Crippen molar-refractivity contribution in [2.45, 2.75) is 19.3 Å². The van der Waals surface area contributed by atoms with Crippen LogP contribution in [0.25, 0.3) is 0 Å². The summed E-state index contributed by atoms with van der Waals surface area (Å²) in [6, 6.07) is 1.67. The van der Waals surface area contributed by atoms with Crippen molar-refractivity contribution < 1.29 is 14.3 Å². The van der Waals surface area contributed by atoms with Crippen LogP contribution >= 0.6 is 11.8 Å². The Morgan fingerprint density at radius 2 is 1.72 bits per heavy atom. The lowest BCUT2D eigenvalue weighted by molar-refractivity contribution is -0.132. The normalized spacial score (nSPS) is 19.0. The zero-order valence-corrected chi connectivity index (χ0v) is 15.8. The second-order valence-corrected chi connectivity index (χ2v) is 7.61. The van der Waals surface area contributed by atoms with E-state index in [9.17, 15) is 4.79 Å². The van der Waals surface area contributed by atoms with Crippen LogP contribution in [0.3, 0.4) is 0 Å². The van der Waals surface area contributed by atoms with Crippen molar-refractivity contribution in [2.24, 2.45) is 5.92 Å². The van der Waals surface area contributed by atoms with Gasteiger partial charge in [-0.15, -0.1) is 0 Å². The number of carbonyl (C=O) groups is 1. The molecule has 3 heterocycles. The van der Waals surface area contributed by atoms with E-state index in [1.54, 1.807) is 20.3 Å². The summed E-state index contributed by atoms with van der Waals surface area (Å²) in [5.41, 5.74) is 0. The molecule has 0 spiro atoms. The fourth-order valence-electron chi connectivity index (χ4n) is 3.27. The van der Waals surface area contributed by atoms with Crippen molar-refractivity contribution in [2.75, 3.05) is 56.8 Å². The van der Waals surface area contributed by atoms with Crippen molar-refractivity contribution in [3.63, 3.8) is 0 Å². The number of piperidine rings is 1. The molecule has 0 saturated carbocycles. The largest absolute Gasteiger partial charge is 0.481 e. The first-order valence-corrected chi connectivity index (χ1v) is 9.92. The number of hydrogen-bond donors (Lipinski definition) is 0. The number of anilines is 1. The Morgan fingerprint density at radius 1 is 1.12 bits per heavy atom. The molecule has 138 valence electrons. The molecule has 2 aliphatic rings. The number of ether oxygens (including phenoxy) is 2. The minimum atomic E-state index is 0.318. The molecule has 0 N–H and O–H groups in total. The van der Waals surface area contributed by atoms with Crippen LogP contribution in [0.5, 0.6) is 11.8 Å². The maximum atomic E-state index is 12.4. The average molecular weight is 366 g/mol. The maximum Gasteiger partial charge on any atom is 0.231 e. The van der Waals surface area contributed by atoms with E-state index in [0.29, 0.717) is 36.0 Å². The van der Waals surface area contributed by atoms with Crippen molar-refractivity contribution in [3.05, 3.63) is 6.07 Å². The van der Waals surface area contributed by atoms with Crippen LogP contribution in [0, 0.1) is 5.92 Å². The van der Waals surface area contributed by atoms with Crippen LogP contribution in [0.4, 0.5) is 5.95 Å². The lowest BCUT2D eigenvalue weighted by Crippen LogP contribution is -2.41. The molecule has 0 atom stereocenters. The Morgan fingerprint density at radius 3 is 2.28 bits per heavy atom. The number of nitrogens with zero attached hydrogens (tertiary/aromatic N) is 4. The highest BCUT2D eigenvalue weighted by molar-refractivity contribution is 7.99. The summed E-state index contributed by atoms with van der Waals surface area (Å²) in [5, 5.41) is 0. The molecule has 0 radical (unpaired) electrons. The van der Waals surface area contributed by atoms with Gasteiger partial charge in [-0.05, 0) is 18.8 Å². The van der Waals surface area contributed by atoms with Crippen LogP contribution in [0.15, 0.2) is 6.07 Å². The third kappa shape index (κ3) is 4.68. The van der Waals surface area contributed by atoms with Crippen molar-refractivity contribution in [1.82, 2.24) is 14.9 Å². The van der Waals surface area contributed by atoms with Gasteiger partial charge in [0.2, 0.25) is 23.6 Å². The highest BCUT2D eigenvalue weighted by Gasteiger charge is 2.26. The lowest BCUT2D eigenvalue weighted by atomic mass is 9.93. The van der Waals surface area contributed by atoms with Gasteiger partial charge in [0.15, 0.2) is 0 Å². The molecule has 25 heavy (non-hydrogen) atoms. The highest BCUT2D eigenvalue weighted by Crippen LogP contribution is 2.27. The Balaban J connectivity index is 1.54. The van der Waals surface area contributed by atoms with E-state index >= 15 is 0 Å². The van der Waals surface area contributed by atoms with Gasteiger partial charge in [-0.25, -0.2) is 0 Å². The van der Waals surface area contributed by atoms with Gasteiger partial charge < -0.3 is 19.3 Å². The van der Waals surface area contributed by atoms with E-state index in [4.69, 9.17) is 9.47 Å². The Labute approximate surface area is 153 Å². The van der Waals surface area contributed by atoms with Crippen LogP contribution < -0.4 is 14.4 Å². The molecule has 2 saturated heterocycles. The summed E-state index contributed by atoms with van der Waals surface area (Å²) in [5.74, 6) is 4.54. The topological polar surface area (TPSA) is 67.8 Å². The minimum absolute atomic E-state index is 0.318. The second-order valence-electron chi connectivity index (χ2n) is 6.38. The average Bonchev–Trinajstić information content (AvgIpc) is 2.68. The standard InChI is InChI=1S/C17H26N4O3S/c1-23-14-12-15(24-2)19-17(18-14)21-5-3-13(4-6-21)11-16(22)20-7-9-25-10-8-20/h12-13H,3-11H2,1-2H3. The van der Waals surface area contributed by atoms with Gasteiger partial charge in [-0.1, -0.05) is 0 Å². The number of methoxy groups -OCH3 is 2. The third-order valence-electron chi connectivity index (χ3n) is 4.81. The van der Waals surface area contributed by atoms with E-state index in [0.717, 1.165) is 50.5 Å². The molecule has 1 aromatic heterocycles. The van der Waals surface area contributed by atoms with Crippen molar-refractivity contribution in [3.8, 4) is 11.8 Å². The van der Waals surface area contributed by atoms with Crippen LogP contribution in [0.2, 0.25) is 0 Å². The van der Waals surface area contributed by atoms with E-state index in [1.165, 1.54) is 0 Å². The van der Waals surface area contributed by atoms with E-state index in [-0.39, 0.29) is 0 Å². The molecule has 3 rings (SSSR count). The highest BCUT2D eigenvalue weighted by atomic mass is 32.2. The molecule has 1 aromatic rings. The predicted octanol–water partition coefficient (Wildman–Crippen LogP) is 1.68. The molecule has 1 amide bonds. The van der Waals surface area contributed by atoms with Gasteiger partial charge in [0.25, 0.3) is 0 Å². The summed E-state index contributed by atoms with van der Waals surface area (Å²) < 4.78 is 10.4. The molecule has 2 aliphatic heterocycles. The predicted molar refractivity (Wildman–Crippen MR) is 98.6 cm³/mol. The molecule has 0 bridgehead atoms. The molecule has 7 nitrogen and oxygen atoms in total. The summed E-state index contributed by atoms with van der Waals surface area (Å²) in [4.78, 5) is 25.4. The van der Waals surface area contributed by atoms with Crippen LogP contribution in [0.1, 0.15) is 19.3 Å². The summed E-state index contributed by atoms with van der Waals surface area (Å²) in [6.45, 7) is 3.51. The fraction of sp³-hybridized carbons (Fsp3) is 0.706. The Bertz CT molecular complexity index is 565. The molecule has 0 aromatic carbocycles. The third-order valence-corrected chi connectivity index (χ3v) is 5.75. The Hall–Kier alpha value is -1.70. The lowest BCUT2D eigenvalue weighted by Gasteiger charge is -2.33. The zero-order chi connectivity index (χ0) is 17.6. The Kier molecular flexibility index (Phi) is 6.23. The first-order valence-electron chi connectivity index (χ1n) is 8.77. The summed E-state index contributed by atoms with van der Waals surface area (Å²) in [6.07, 6.45) is 2.63. The molecule has 0 aliphatic carbocycles. The number of thioether (sulfide) groups is 1. The van der Waals surface area contributed by atoms with Crippen LogP contribution in [-0.2, 0) is 4.79 Å². The van der Waals surface area contributed by atoms with Gasteiger partial charge in [0.05, 0.1) is 20.3 Å². The zero-order valence-electron chi connectivity index (χ0n) is 14.9.